The molecule has 0 saturated carbocycles. The molecule has 0 aliphatic heterocycles. The first-order chi connectivity index (χ1) is 10.1. The van der Waals surface area contributed by atoms with E-state index in [1.54, 1.807) is 6.07 Å². The van der Waals surface area contributed by atoms with Gasteiger partial charge in [-0.15, -0.1) is 0 Å². The van der Waals surface area contributed by atoms with Crippen LogP contribution in [0.25, 0.3) is 0 Å². The van der Waals surface area contributed by atoms with Crippen LogP contribution in [0.4, 0.5) is 4.39 Å². The quantitative estimate of drug-likeness (QED) is 0.909. The zero-order valence-corrected chi connectivity index (χ0v) is 12.2. The maximum Gasteiger partial charge on any atom is 0.129 e. The zero-order chi connectivity index (χ0) is 14.8. The number of rotatable bonds is 3. The van der Waals surface area contributed by atoms with Gasteiger partial charge in [-0.1, -0.05) is 17.7 Å². The van der Waals surface area contributed by atoms with Gasteiger partial charge in [-0.05, 0) is 60.7 Å². The highest BCUT2D eigenvalue weighted by Crippen LogP contribution is 2.32. The maximum atomic E-state index is 13.6. The zero-order valence-electron chi connectivity index (χ0n) is 11.5. The number of aliphatic hydroxyl groups is 1. The highest BCUT2D eigenvalue weighted by Gasteiger charge is 2.18. The molecule has 0 saturated heterocycles. The number of fused-ring (bicyclic) bond motifs is 1. The summed E-state index contributed by atoms with van der Waals surface area (Å²) in [6.45, 7) is 0.112. The second-order valence-corrected chi connectivity index (χ2v) is 5.73. The molecule has 2 aromatic carbocycles. The Hall–Kier alpha value is -1.58. The van der Waals surface area contributed by atoms with Gasteiger partial charge in [0.05, 0.1) is 6.10 Å². The van der Waals surface area contributed by atoms with Crippen molar-refractivity contribution in [3.05, 3.63) is 63.9 Å². The van der Waals surface area contributed by atoms with Crippen LogP contribution in [0.1, 0.15) is 35.6 Å². The van der Waals surface area contributed by atoms with Gasteiger partial charge >= 0.3 is 0 Å². The molecular weight excluding hydrogens is 291 g/mol. The molecule has 1 N–H and O–H groups in total. The third kappa shape index (κ3) is 3.20. The van der Waals surface area contributed by atoms with Crippen LogP contribution in [0.5, 0.6) is 5.75 Å². The van der Waals surface area contributed by atoms with Crippen LogP contribution in [-0.4, -0.2) is 5.11 Å². The maximum absolute atomic E-state index is 13.6. The number of halogens is 2. The van der Waals surface area contributed by atoms with Gasteiger partial charge < -0.3 is 9.84 Å². The molecule has 110 valence electrons. The molecule has 0 spiro atoms. The second-order valence-electron chi connectivity index (χ2n) is 5.29. The van der Waals surface area contributed by atoms with Crippen molar-refractivity contribution in [2.24, 2.45) is 0 Å². The van der Waals surface area contributed by atoms with E-state index < -0.39 is 6.10 Å². The Morgan fingerprint density at radius 3 is 2.95 bits per heavy atom. The lowest BCUT2D eigenvalue weighted by molar-refractivity contribution is 0.156. The van der Waals surface area contributed by atoms with Crippen LogP contribution >= 0.6 is 11.6 Å². The summed E-state index contributed by atoms with van der Waals surface area (Å²) in [5, 5.41) is 10.5. The Kier molecular flexibility index (Phi) is 4.13. The predicted molar refractivity (Wildman–Crippen MR) is 80.1 cm³/mol. The molecule has 1 aliphatic rings. The summed E-state index contributed by atoms with van der Waals surface area (Å²) in [6.07, 6.45) is 2.33. The van der Waals surface area contributed by atoms with Gasteiger partial charge in [0.2, 0.25) is 0 Å². The number of hydrogen-bond donors (Lipinski definition) is 1. The lowest BCUT2D eigenvalue weighted by Crippen LogP contribution is -2.09. The van der Waals surface area contributed by atoms with E-state index in [1.165, 1.54) is 12.1 Å². The Balaban J connectivity index is 1.76. The molecule has 0 radical (unpaired) electrons. The van der Waals surface area contributed by atoms with Crippen LogP contribution in [0.3, 0.4) is 0 Å². The predicted octanol–water partition coefficient (Wildman–Crippen LogP) is 4.43. The smallest absolute Gasteiger partial charge is 0.129 e. The van der Waals surface area contributed by atoms with E-state index >= 15 is 0 Å². The largest absolute Gasteiger partial charge is 0.489 e. The number of benzene rings is 2. The first-order valence-corrected chi connectivity index (χ1v) is 7.39. The van der Waals surface area contributed by atoms with E-state index in [4.69, 9.17) is 16.3 Å². The molecule has 21 heavy (non-hydrogen) atoms. The van der Waals surface area contributed by atoms with E-state index in [0.29, 0.717) is 16.3 Å². The first-order valence-electron chi connectivity index (χ1n) is 7.01. The molecule has 0 unspecified atom stereocenters. The Morgan fingerprint density at radius 2 is 2.10 bits per heavy atom. The van der Waals surface area contributed by atoms with Gasteiger partial charge in [-0.25, -0.2) is 4.39 Å². The normalized spacial score (nSPS) is 17.4. The molecule has 3 rings (SSSR count). The molecule has 0 amide bonds. The Bertz CT molecular complexity index is 657. The van der Waals surface area contributed by atoms with Gasteiger partial charge in [-0.2, -0.15) is 0 Å². The van der Waals surface area contributed by atoms with Gasteiger partial charge in [0.15, 0.2) is 0 Å². The third-order valence-corrected chi connectivity index (χ3v) is 4.04. The van der Waals surface area contributed by atoms with Crippen molar-refractivity contribution >= 4 is 11.6 Å². The van der Waals surface area contributed by atoms with Crippen LogP contribution < -0.4 is 4.74 Å². The summed E-state index contributed by atoms with van der Waals surface area (Å²) in [4.78, 5) is 0. The number of ether oxygens (including phenoxy) is 1. The Morgan fingerprint density at radius 1 is 1.24 bits per heavy atom. The van der Waals surface area contributed by atoms with E-state index in [1.807, 2.05) is 18.2 Å². The molecule has 4 heteroatoms. The molecule has 0 aromatic heterocycles. The molecule has 1 aliphatic carbocycles. The van der Waals surface area contributed by atoms with Gasteiger partial charge in [0, 0.05) is 10.6 Å². The minimum Gasteiger partial charge on any atom is -0.489 e. The van der Waals surface area contributed by atoms with E-state index in [-0.39, 0.29) is 12.4 Å². The van der Waals surface area contributed by atoms with Crippen molar-refractivity contribution in [2.75, 3.05) is 0 Å². The van der Waals surface area contributed by atoms with Crippen LogP contribution in [0, 0.1) is 5.82 Å². The lowest BCUT2D eigenvalue weighted by atomic mass is 9.89. The lowest BCUT2D eigenvalue weighted by Gasteiger charge is -2.22. The first kappa shape index (κ1) is 14.4. The van der Waals surface area contributed by atoms with E-state index in [9.17, 15) is 9.50 Å². The monoisotopic (exact) mass is 306 g/mol. The summed E-state index contributed by atoms with van der Waals surface area (Å²) in [7, 11) is 0. The average Bonchev–Trinajstić information content (AvgIpc) is 2.49. The fourth-order valence-corrected chi connectivity index (χ4v) is 2.85. The van der Waals surface area contributed by atoms with Gasteiger partial charge in [0.25, 0.3) is 0 Å². The van der Waals surface area contributed by atoms with Crippen molar-refractivity contribution in [2.45, 2.75) is 32.0 Å². The number of aryl methyl sites for hydroxylation is 1. The molecule has 2 nitrogen and oxygen atoms in total. The van der Waals surface area contributed by atoms with E-state index in [0.717, 1.165) is 30.4 Å². The van der Waals surface area contributed by atoms with Gasteiger partial charge in [-0.3, -0.25) is 0 Å². The van der Waals surface area contributed by atoms with E-state index in [2.05, 4.69) is 0 Å². The summed E-state index contributed by atoms with van der Waals surface area (Å²) >= 11 is 5.86. The summed E-state index contributed by atoms with van der Waals surface area (Å²) in [5.41, 5.74) is 2.50. The highest BCUT2D eigenvalue weighted by molar-refractivity contribution is 6.30. The summed E-state index contributed by atoms with van der Waals surface area (Å²) in [6, 6.07) is 10.1. The SMILES string of the molecule is O[C@@H]1CCCc2ccc(OCc3cc(Cl)ccc3F)cc21. The fourth-order valence-electron chi connectivity index (χ4n) is 2.66. The third-order valence-electron chi connectivity index (χ3n) is 3.80. The molecule has 1 atom stereocenters. The standard InChI is InChI=1S/C17H16ClFO2/c18-13-5-7-16(19)12(8-13)10-21-14-6-4-11-2-1-3-17(20)15(11)9-14/h4-9,17,20H,1-3,10H2/t17-/m1/s1. The topological polar surface area (TPSA) is 29.5 Å². The molecule has 0 fully saturated rings. The van der Waals surface area contributed by atoms with Crippen molar-refractivity contribution < 1.29 is 14.2 Å². The van der Waals surface area contributed by atoms with Crippen molar-refractivity contribution in [3.8, 4) is 5.75 Å². The molecule has 0 bridgehead atoms. The number of hydrogen-bond acceptors (Lipinski definition) is 2. The summed E-state index contributed by atoms with van der Waals surface area (Å²) < 4.78 is 19.3. The molecular formula is C17H16ClFO2. The Labute approximate surface area is 128 Å². The van der Waals surface area contributed by atoms with Crippen LogP contribution in [0.2, 0.25) is 5.02 Å². The minimum atomic E-state index is -0.430. The van der Waals surface area contributed by atoms with Crippen LogP contribution in [-0.2, 0) is 13.0 Å². The van der Waals surface area contributed by atoms with Crippen LogP contribution in [0.15, 0.2) is 36.4 Å². The second kappa shape index (κ2) is 6.04. The minimum absolute atomic E-state index is 0.112. The van der Waals surface area contributed by atoms with Gasteiger partial charge in [0.1, 0.15) is 18.2 Å². The number of aliphatic hydroxyl groups excluding tert-OH is 1. The summed E-state index contributed by atoms with van der Waals surface area (Å²) in [5.74, 6) is 0.298. The highest BCUT2D eigenvalue weighted by atomic mass is 35.5. The fraction of sp³-hybridized carbons (Fsp3) is 0.294. The molecule has 0 heterocycles. The van der Waals surface area contributed by atoms with Crippen molar-refractivity contribution in [1.82, 2.24) is 0 Å². The van der Waals surface area contributed by atoms with Crippen molar-refractivity contribution in [1.29, 1.82) is 0 Å². The van der Waals surface area contributed by atoms with Crippen molar-refractivity contribution in [3.63, 3.8) is 0 Å². The average molecular weight is 307 g/mol. The molecule has 2 aromatic rings.